The molecule has 2 amide bonds. The first-order chi connectivity index (χ1) is 12.9. The van der Waals surface area contributed by atoms with Crippen LogP contribution in [0.2, 0.25) is 0 Å². The number of aryl methyl sites for hydroxylation is 1. The number of ether oxygens (including phenoxy) is 1. The Morgan fingerprint density at radius 2 is 1.70 bits per heavy atom. The summed E-state index contributed by atoms with van der Waals surface area (Å²) in [5, 5.41) is 12.8. The molecule has 2 heterocycles. The van der Waals surface area contributed by atoms with Gasteiger partial charge in [-0.05, 0) is 37.3 Å². The smallest absolute Gasteiger partial charge is 0.269 e. The minimum absolute atomic E-state index is 0.0496. The Labute approximate surface area is 156 Å². The summed E-state index contributed by atoms with van der Waals surface area (Å²) in [6.07, 6.45) is 0. The number of nitrogens with zero attached hydrogens (tertiary/aromatic N) is 3. The number of benzene rings is 2. The molecule has 3 aromatic rings. The van der Waals surface area contributed by atoms with Crippen LogP contribution in [0.3, 0.4) is 0 Å². The molecule has 27 heavy (non-hydrogen) atoms. The van der Waals surface area contributed by atoms with Crippen LogP contribution in [-0.2, 0) is 0 Å². The Kier molecular flexibility index (Phi) is 3.93. The number of carbonyl (C=O) groups is 2. The van der Waals surface area contributed by atoms with E-state index >= 15 is 0 Å². The summed E-state index contributed by atoms with van der Waals surface area (Å²) in [4.78, 5) is 40.7. The van der Waals surface area contributed by atoms with E-state index in [1.807, 2.05) is 0 Å². The van der Waals surface area contributed by atoms with E-state index in [0.717, 1.165) is 10.6 Å². The van der Waals surface area contributed by atoms with Crippen molar-refractivity contribution >= 4 is 34.0 Å². The van der Waals surface area contributed by atoms with Crippen molar-refractivity contribution in [3.8, 4) is 11.5 Å². The minimum atomic E-state index is -0.502. The number of non-ortho nitro benzene ring substituents is 1. The van der Waals surface area contributed by atoms with E-state index in [9.17, 15) is 19.7 Å². The topological polar surface area (TPSA) is 103 Å². The normalized spacial score (nSPS) is 13.0. The summed E-state index contributed by atoms with van der Waals surface area (Å²) in [6, 6.07) is 10.1. The first kappa shape index (κ1) is 16.9. The van der Waals surface area contributed by atoms with Crippen molar-refractivity contribution in [2.24, 2.45) is 0 Å². The zero-order valence-electron chi connectivity index (χ0n) is 13.9. The number of fused-ring (bicyclic) bond motifs is 1. The summed E-state index contributed by atoms with van der Waals surface area (Å²) in [5.74, 6) is -0.157. The lowest BCUT2D eigenvalue weighted by Gasteiger charge is -2.08. The van der Waals surface area contributed by atoms with Gasteiger partial charge >= 0.3 is 0 Å². The summed E-state index contributed by atoms with van der Waals surface area (Å²) >= 11 is 1.22. The molecular formula is C18H11N3O5S. The van der Waals surface area contributed by atoms with Gasteiger partial charge in [0.2, 0.25) is 0 Å². The second-order valence-electron chi connectivity index (χ2n) is 5.78. The molecule has 4 rings (SSSR count). The highest BCUT2D eigenvalue weighted by Crippen LogP contribution is 2.33. The highest BCUT2D eigenvalue weighted by molar-refractivity contribution is 7.14. The highest BCUT2D eigenvalue weighted by Gasteiger charge is 2.38. The Morgan fingerprint density at radius 1 is 1.04 bits per heavy atom. The molecule has 0 bridgehead atoms. The monoisotopic (exact) mass is 381 g/mol. The molecule has 0 N–H and O–H groups in total. The third-order valence-corrected chi connectivity index (χ3v) is 4.88. The largest absolute Gasteiger partial charge is 0.457 e. The first-order valence-electron chi connectivity index (χ1n) is 7.81. The second-order valence-corrected chi connectivity index (χ2v) is 6.61. The number of thiazole rings is 1. The lowest BCUT2D eigenvalue weighted by atomic mass is 10.1. The molecule has 2 aromatic carbocycles. The van der Waals surface area contributed by atoms with E-state index < -0.39 is 16.7 Å². The number of nitro groups is 1. The molecule has 9 heteroatoms. The molecule has 0 fully saturated rings. The number of carbonyl (C=O) groups excluding carboxylic acids is 2. The third kappa shape index (κ3) is 2.93. The molecular weight excluding hydrogens is 370 g/mol. The molecule has 8 nitrogen and oxygen atoms in total. The maximum atomic E-state index is 12.7. The van der Waals surface area contributed by atoms with E-state index in [-0.39, 0.29) is 16.8 Å². The predicted octanol–water partition coefficient (Wildman–Crippen LogP) is 3.95. The number of hydrogen-bond acceptors (Lipinski definition) is 7. The van der Waals surface area contributed by atoms with E-state index in [0.29, 0.717) is 16.6 Å². The SMILES string of the molecule is Cc1csc(N2C(=O)c3ccc(Oc4ccc([N+](=O)[O-])cc4)cc3C2=O)n1. The van der Waals surface area contributed by atoms with Gasteiger partial charge in [-0.25, -0.2) is 9.88 Å². The van der Waals surface area contributed by atoms with Crippen LogP contribution in [0.25, 0.3) is 0 Å². The number of amides is 2. The number of hydrogen-bond donors (Lipinski definition) is 0. The van der Waals surface area contributed by atoms with Crippen LogP contribution >= 0.6 is 11.3 Å². The maximum Gasteiger partial charge on any atom is 0.269 e. The average molecular weight is 381 g/mol. The van der Waals surface area contributed by atoms with Crippen LogP contribution in [0.4, 0.5) is 10.8 Å². The quantitative estimate of drug-likeness (QED) is 0.385. The molecule has 1 aromatic heterocycles. The number of anilines is 1. The Morgan fingerprint density at radius 3 is 2.33 bits per heavy atom. The molecule has 1 aliphatic heterocycles. The zero-order valence-corrected chi connectivity index (χ0v) is 14.7. The molecule has 134 valence electrons. The molecule has 0 atom stereocenters. The summed E-state index contributed by atoms with van der Waals surface area (Å²) in [6.45, 7) is 1.79. The van der Waals surface area contributed by atoms with Crippen molar-refractivity contribution in [2.75, 3.05) is 4.90 Å². The summed E-state index contributed by atoms with van der Waals surface area (Å²) < 4.78 is 5.65. The van der Waals surface area contributed by atoms with E-state index in [1.165, 1.54) is 47.7 Å². The third-order valence-electron chi connectivity index (χ3n) is 3.94. The van der Waals surface area contributed by atoms with Crippen molar-refractivity contribution in [1.29, 1.82) is 0 Å². The summed E-state index contributed by atoms with van der Waals surface area (Å²) in [7, 11) is 0. The van der Waals surface area contributed by atoms with Gasteiger partial charge < -0.3 is 4.74 Å². The predicted molar refractivity (Wildman–Crippen MR) is 97.6 cm³/mol. The van der Waals surface area contributed by atoms with E-state index in [2.05, 4.69) is 4.98 Å². The van der Waals surface area contributed by atoms with Crippen LogP contribution in [-0.4, -0.2) is 21.7 Å². The Bertz CT molecular complexity index is 1090. The summed E-state index contributed by atoms with van der Waals surface area (Å²) in [5.41, 5.74) is 1.19. The van der Waals surface area contributed by atoms with Gasteiger partial charge in [0.15, 0.2) is 5.13 Å². The second kappa shape index (κ2) is 6.29. The number of aromatic nitrogens is 1. The lowest BCUT2D eigenvalue weighted by molar-refractivity contribution is -0.384. The van der Waals surface area contributed by atoms with Gasteiger partial charge in [0, 0.05) is 17.5 Å². The van der Waals surface area contributed by atoms with Crippen LogP contribution in [0.1, 0.15) is 26.4 Å². The van der Waals surface area contributed by atoms with E-state index in [1.54, 1.807) is 18.4 Å². The van der Waals surface area contributed by atoms with E-state index in [4.69, 9.17) is 4.74 Å². The van der Waals surface area contributed by atoms with Gasteiger partial charge in [0.25, 0.3) is 17.5 Å². The molecule has 0 spiro atoms. The van der Waals surface area contributed by atoms with Crippen molar-refractivity contribution < 1.29 is 19.2 Å². The zero-order chi connectivity index (χ0) is 19.1. The van der Waals surface area contributed by atoms with Crippen LogP contribution in [0.15, 0.2) is 47.8 Å². The van der Waals surface area contributed by atoms with Gasteiger partial charge in [0.1, 0.15) is 11.5 Å². The Hall–Kier alpha value is -3.59. The van der Waals surface area contributed by atoms with Gasteiger partial charge in [-0.3, -0.25) is 19.7 Å². The standard InChI is InChI=1S/C18H11N3O5S/c1-10-9-27-18(19-10)20-16(22)14-7-6-13(8-15(14)17(20)23)26-12-4-2-11(3-5-12)21(24)25/h2-9H,1H3. The molecule has 0 saturated heterocycles. The van der Waals surface area contributed by atoms with Crippen LogP contribution < -0.4 is 9.64 Å². The molecule has 0 radical (unpaired) electrons. The van der Waals surface area contributed by atoms with Crippen LogP contribution in [0.5, 0.6) is 11.5 Å². The fourth-order valence-corrected chi connectivity index (χ4v) is 3.47. The molecule has 0 unspecified atom stereocenters. The first-order valence-corrected chi connectivity index (χ1v) is 8.69. The van der Waals surface area contributed by atoms with Gasteiger partial charge in [-0.2, -0.15) is 0 Å². The Balaban J connectivity index is 1.62. The van der Waals surface area contributed by atoms with Crippen molar-refractivity contribution in [3.63, 3.8) is 0 Å². The van der Waals surface area contributed by atoms with Crippen molar-refractivity contribution in [2.45, 2.75) is 6.92 Å². The number of imide groups is 1. The number of rotatable bonds is 4. The fourth-order valence-electron chi connectivity index (χ4n) is 2.67. The van der Waals surface area contributed by atoms with Gasteiger partial charge in [0.05, 0.1) is 21.7 Å². The fraction of sp³-hybridized carbons (Fsp3) is 0.0556. The van der Waals surface area contributed by atoms with Crippen molar-refractivity contribution in [3.05, 3.63) is 74.8 Å². The van der Waals surface area contributed by atoms with Crippen LogP contribution in [0, 0.1) is 17.0 Å². The molecule has 1 aliphatic rings. The van der Waals surface area contributed by atoms with Crippen molar-refractivity contribution in [1.82, 2.24) is 4.98 Å². The maximum absolute atomic E-state index is 12.7. The highest BCUT2D eigenvalue weighted by atomic mass is 32.1. The molecule has 0 saturated carbocycles. The average Bonchev–Trinajstić information content (AvgIpc) is 3.17. The lowest BCUT2D eigenvalue weighted by Crippen LogP contribution is -2.29. The molecule has 0 aliphatic carbocycles. The number of nitro benzene ring substituents is 1. The minimum Gasteiger partial charge on any atom is -0.457 e. The van der Waals surface area contributed by atoms with Gasteiger partial charge in [-0.15, -0.1) is 11.3 Å². The van der Waals surface area contributed by atoms with Gasteiger partial charge in [-0.1, -0.05) is 0 Å².